The minimum Gasteiger partial charge on any atom is -0.483 e. The number of amides is 2. The lowest BCUT2D eigenvalue weighted by atomic mass is 10.0. The van der Waals surface area contributed by atoms with Crippen LogP contribution in [0.4, 0.5) is 0 Å². The first-order valence-corrected chi connectivity index (χ1v) is 11.2. The van der Waals surface area contributed by atoms with Crippen LogP contribution in [0.2, 0.25) is 5.02 Å². The van der Waals surface area contributed by atoms with Crippen molar-refractivity contribution in [1.29, 1.82) is 0 Å². The Balaban J connectivity index is 2.19. The Bertz CT molecular complexity index is 867. The van der Waals surface area contributed by atoms with Gasteiger partial charge in [0.2, 0.25) is 5.91 Å². The van der Waals surface area contributed by atoms with Gasteiger partial charge in [-0.25, -0.2) is 0 Å². The highest BCUT2D eigenvalue weighted by Crippen LogP contribution is 2.26. The molecule has 2 aromatic rings. The quantitative estimate of drug-likeness (QED) is 0.549. The van der Waals surface area contributed by atoms with E-state index in [0.29, 0.717) is 17.3 Å². The topological polar surface area (TPSA) is 58.6 Å². The number of ether oxygens (including phenoxy) is 1. The lowest BCUT2D eigenvalue weighted by Gasteiger charge is -2.29. The zero-order valence-corrected chi connectivity index (χ0v) is 19.8. The minimum atomic E-state index is -0.638. The summed E-state index contributed by atoms with van der Waals surface area (Å²) in [4.78, 5) is 27.5. The monoisotopic (exact) mass is 444 g/mol. The van der Waals surface area contributed by atoms with Crippen molar-refractivity contribution in [1.82, 2.24) is 10.2 Å². The van der Waals surface area contributed by atoms with Crippen molar-refractivity contribution in [2.45, 2.75) is 65.6 Å². The van der Waals surface area contributed by atoms with Crippen molar-refractivity contribution in [2.75, 3.05) is 6.61 Å². The summed E-state index contributed by atoms with van der Waals surface area (Å²) in [7, 11) is 0. The first-order chi connectivity index (χ1) is 14.7. The van der Waals surface area contributed by atoms with Crippen LogP contribution in [-0.2, 0) is 16.1 Å². The molecule has 2 atom stereocenters. The van der Waals surface area contributed by atoms with E-state index in [9.17, 15) is 9.59 Å². The van der Waals surface area contributed by atoms with Crippen LogP contribution in [0, 0.1) is 0 Å². The average molecular weight is 445 g/mol. The number of hydrogen-bond donors (Lipinski definition) is 1. The summed E-state index contributed by atoms with van der Waals surface area (Å²) in [6.45, 7) is 10.0. The van der Waals surface area contributed by atoms with E-state index in [-0.39, 0.29) is 30.4 Å². The summed E-state index contributed by atoms with van der Waals surface area (Å²) >= 11 is 5.99. The standard InChI is InChI=1S/C25H33ClN2O3/c1-6-18(4)27-25(30)19(5)28(15-20-11-13-21(26)14-12-20)24(29)16-31-23-10-8-7-9-22(23)17(2)3/h7-14,17-19H,6,15-16H2,1-5H3,(H,27,30)/t18-,19-/m1/s1. The summed E-state index contributed by atoms with van der Waals surface area (Å²) in [6, 6.07) is 14.4. The molecule has 31 heavy (non-hydrogen) atoms. The van der Waals surface area contributed by atoms with Crippen molar-refractivity contribution in [3.63, 3.8) is 0 Å². The lowest BCUT2D eigenvalue weighted by Crippen LogP contribution is -2.50. The number of halogens is 1. The van der Waals surface area contributed by atoms with Gasteiger partial charge in [0.1, 0.15) is 11.8 Å². The number of benzene rings is 2. The molecule has 6 heteroatoms. The predicted octanol–water partition coefficient (Wildman–Crippen LogP) is 5.17. The molecule has 0 aliphatic carbocycles. The first kappa shape index (κ1) is 24.7. The SMILES string of the molecule is CC[C@@H](C)NC(=O)[C@@H](C)N(Cc1ccc(Cl)cc1)C(=O)COc1ccccc1C(C)C. The number of nitrogens with one attached hydrogen (secondary N) is 1. The molecule has 2 amide bonds. The summed E-state index contributed by atoms with van der Waals surface area (Å²) < 4.78 is 5.89. The highest BCUT2D eigenvalue weighted by atomic mass is 35.5. The molecule has 1 N–H and O–H groups in total. The van der Waals surface area contributed by atoms with Crippen molar-refractivity contribution in [3.05, 3.63) is 64.7 Å². The molecule has 2 rings (SSSR count). The van der Waals surface area contributed by atoms with Gasteiger partial charge in [0, 0.05) is 17.6 Å². The molecule has 0 unspecified atom stereocenters. The van der Waals surface area contributed by atoms with Crippen LogP contribution in [-0.4, -0.2) is 35.4 Å². The van der Waals surface area contributed by atoms with Gasteiger partial charge in [0.25, 0.3) is 5.91 Å². The summed E-state index contributed by atoms with van der Waals surface area (Å²) in [6.07, 6.45) is 0.818. The van der Waals surface area contributed by atoms with E-state index in [0.717, 1.165) is 17.5 Å². The number of carbonyl (C=O) groups excluding carboxylic acids is 2. The van der Waals surface area contributed by atoms with Crippen LogP contribution < -0.4 is 10.1 Å². The third-order valence-corrected chi connectivity index (χ3v) is 5.58. The highest BCUT2D eigenvalue weighted by molar-refractivity contribution is 6.30. The average Bonchev–Trinajstić information content (AvgIpc) is 2.76. The Morgan fingerprint density at radius 1 is 1.03 bits per heavy atom. The van der Waals surface area contributed by atoms with Crippen LogP contribution in [0.15, 0.2) is 48.5 Å². The Morgan fingerprint density at radius 2 is 1.68 bits per heavy atom. The zero-order chi connectivity index (χ0) is 23.0. The molecule has 0 aliphatic heterocycles. The molecule has 0 saturated heterocycles. The van der Waals surface area contributed by atoms with Crippen LogP contribution in [0.25, 0.3) is 0 Å². The Hall–Kier alpha value is -2.53. The molecule has 0 saturated carbocycles. The molecule has 0 aromatic heterocycles. The number of carbonyl (C=O) groups is 2. The van der Waals surface area contributed by atoms with Crippen molar-refractivity contribution in [3.8, 4) is 5.75 Å². The van der Waals surface area contributed by atoms with Gasteiger partial charge in [-0.1, -0.05) is 62.7 Å². The van der Waals surface area contributed by atoms with Gasteiger partial charge in [0.15, 0.2) is 6.61 Å². The number of para-hydroxylation sites is 1. The van der Waals surface area contributed by atoms with Gasteiger partial charge >= 0.3 is 0 Å². The molecule has 168 valence electrons. The molecule has 0 bridgehead atoms. The Labute approximate surface area is 190 Å². The molecule has 0 radical (unpaired) electrons. The van der Waals surface area contributed by atoms with Gasteiger partial charge in [0.05, 0.1) is 0 Å². The second-order valence-corrected chi connectivity index (χ2v) is 8.56. The Morgan fingerprint density at radius 3 is 2.29 bits per heavy atom. The van der Waals surface area contributed by atoms with E-state index in [2.05, 4.69) is 19.2 Å². The van der Waals surface area contributed by atoms with Crippen molar-refractivity contribution >= 4 is 23.4 Å². The van der Waals surface area contributed by atoms with E-state index in [1.54, 1.807) is 24.0 Å². The maximum Gasteiger partial charge on any atom is 0.261 e. The van der Waals surface area contributed by atoms with E-state index >= 15 is 0 Å². The zero-order valence-electron chi connectivity index (χ0n) is 19.0. The molecule has 5 nitrogen and oxygen atoms in total. The lowest BCUT2D eigenvalue weighted by molar-refractivity contribution is -0.142. The molecule has 0 spiro atoms. The normalized spacial score (nSPS) is 12.9. The molecule has 0 aliphatic rings. The van der Waals surface area contributed by atoms with Crippen LogP contribution in [0.3, 0.4) is 0 Å². The number of rotatable bonds is 10. The Kier molecular flexibility index (Phi) is 9.38. The van der Waals surface area contributed by atoms with E-state index in [4.69, 9.17) is 16.3 Å². The highest BCUT2D eigenvalue weighted by Gasteiger charge is 2.27. The third-order valence-electron chi connectivity index (χ3n) is 5.33. The summed E-state index contributed by atoms with van der Waals surface area (Å²) in [5, 5.41) is 3.59. The van der Waals surface area contributed by atoms with Gasteiger partial charge in [-0.05, 0) is 55.5 Å². The van der Waals surface area contributed by atoms with Crippen LogP contribution in [0.5, 0.6) is 5.75 Å². The summed E-state index contributed by atoms with van der Waals surface area (Å²) in [5.41, 5.74) is 1.94. The van der Waals surface area contributed by atoms with Gasteiger partial charge in [-0.3, -0.25) is 9.59 Å². The second-order valence-electron chi connectivity index (χ2n) is 8.12. The van der Waals surface area contributed by atoms with Gasteiger partial charge in [-0.15, -0.1) is 0 Å². The first-order valence-electron chi connectivity index (χ1n) is 10.8. The number of hydrogen-bond acceptors (Lipinski definition) is 3. The van der Waals surface area contributed by atoms with Gasteiger partial charge in [-0.2, -0.15) is 0 Å². The van der Waals surface area contributed by atoms with Crippen molar-refractivity contribution < 1.29 is 14.3 Å². The minimum absolute atomic E-state index is 0.0385. The fourth-order valence-electron chi connectivity index (χ4n) is 3.15. The molecule has 0 heterocycles. The van der Waals surface area contributed by atoms with E-state index in [1.807, 2.05) is 50.2 Å². The fraction of sp³-hybridized carbons (Fsp3) is 0.440. The van der Waals surface area contributed by atoms with Crippen LogP contribution >= 0.6 is 11.6 Å². The van der Waals surface area contributed by atoms with Crippen molar-refractivity contribution in [2.24, 2.45) is 0 Å². The molecule has 2 aromatic carbocycles. The van der Waals surface area contributed by atoms with E-state index in [1.165, 1.54) is 0 Å². The predicted molar refractivity (Wildman–Crippen MR) is 125 cm³/mol. The maximum atomic E-state index is 13.2. The third kappa shape index (κ3) is 7.28. The number of nitrogens with zero attached hydrogens (tertiary/aromatic N) is 1. The maximum absolute atomic E-state index is 13.2. The summed E-state index contributed by atoms with van der Waals surface area (Å²) in [5.74, 6) is 0.533. The molecular weight excluding hydrogens is 412 g/mol. The van der Waals surface area contributed by atoms with E-state index < -0.39 is 6.04 Å². The van der Waals surface area contributed by atoms with Gasteiger partial charge < -0.3 is 15.0 Å². The smallest absolute Gasteiger partial charge is 0.261 e. The molecule has 0 fully saturated rings. The second kappa shape index (κ2) is 11.8. The fourth-order valence-corrected chi connectivity index (χ4v) is 3.27. The molecular formula is C25H33ClN2O3. The largest absolute Gasteiger partial charge is 0.483 e. The van der Waals surface area contributed by atoms with Crippen LogP contribution in [0.1, 0.15) is 58.1 Å².